The Balaban J connectivity index is 1.59. The normalized spacial score (nSPS) is 15.4. The molecule has 0 aliphatic heterocycles. The predicted octanol–water partition coefficient (Wildman–Crippen LogP) is 7.11. The molecular weight excluding hydrogens is 448 g/mol. The lowest BCUT2D eigenvalue weighted by molar-refractivity contribution is -0.137. The second-order valence-corrected chi connectivity index (χ2v) is 10.1. The number of carboxylic acids is 1. The van der Waals surface area contributed by atoms with E-state index < -0.39 is 5.97 Å². The highest BCUT2D eigenvalue weighted by Crippen LogP contribution is 2.39. The Morgan fingerprint density at radius 1 is 1.06 bits per heavy atom. The number of hydrogen-bond donors (Lipinski definition) is 2. The predicted molar refractivity (Wildman–Crippen MR) is 144 cm³/mol. The summed E-state index contributed by atoms with van der Waals surface area (Å²) in [6.07, 6.45) is 9.21. The zero-order chi connectivity index (χ0) is 25.7. The molecule has 5 nitrogen and oxygen atoms in total. The van der Waals surface area contributed by atoms with Gasteiger partial charge < -0.3 is 10.4 Å². The van der Waals surface area contributed by atoms with E-state index in [0.29, 0.717) is 5.92 Å². The highest BCUT2D eigenvalue weighted by Gasteiger charge is 2.32. The number of nitrogens with one attached hydrogen (secondary N) is 1. The van der Waals surface area contributed by atoms with Crippen molar-refractivity contribution in [3.8, 4) is 11.1 Å². The number of benzene rings is 2. The molecule has 1 aromatic heterocycles. The first kappa shape index (κ1) is 25.6. The topological polar surface area (TPSA) is 79.3 Å². The van der Waals surface area contributed by atoms with Crippen LogP contribution < -0.4 is 5.32 Å². The van der Waals surface area contributed by atoms with Gasteiger partial charge in [0, 0.05) is 23.6 Å². The molecule has 188 valence electrons. The summed E-state index contributed by atoms with van der Waals surface area (Å²) < 4.78 is 0. The summed E-state index contributed by atoms with van der Waals surface area (Å²) in [5, 5.41) is 12.4. The maximum absolute atomic E-state index is 13.7. The highest BCUT2D eigenvalue weighted by atomic mass is 16.4. The molecule has 0 bridgehead atoms. The van der Waals surface area contributed by atoms with Crippen molar-refractivity contribution in [1.29, 1.82) is 0 Å². The molecular formula is C31H36N2O3. The van der Waals surface area contributed by atoms with Gasteiger partial charge in [-0.05, 0) is 78.0 Å². The van der Waals surface area contributed by atoms with E-state index in [4.69, 9.17) is 0 Å². The van der Waals surface area contributed by atoms with Gasteiger partial charge in [0.1, 0.15) is 0 Å². The van der Waals surface area contributed by atoms with Crippen molar-refractivity contribution in [3.05, 3.63) is 83.2 Å². The van der Waals surface area contributed by atoms with Crippen molar-refractivity contribution in [2.24, 2.45) is 5.92 Å². The minimum absolute atomic E-state index is 0.00966. The van der Waals surface area contributed by atoms with Gasteiger partial charge in [-0.2, -0.15) is 0 Å². The van der Waals surface area contributed by atoms with Crippen LogP contribution in [0.15, 0.2) is 60.9 Å². The number of hydrogen-bond acceptors (Lipinski definition) is 3. The highest BCUT2D eigenvalue weighted by molar-refractivity contribution is 5.97. The van der Waals surface area contributed by atoms with Gasteiger partial charge in [0.25, 0.3) is 0 Å². The van der Waals surface area contributed by atoms with Crippen molar-refractivity contribution in [3.63, 3.8) is 0 Å². The van der Waals surface area contributed by atoms with E-state index in [-0.39, 0.29) is 24.2 Å². The fraction of sp³-hybridized carbons (Fsp3) is 0.387. The summed E-state index contributed by atoms with van der Waals surface area (Å²) in [5.41, 5.74) is 7.08. The average molecular weight is 485 g/mol. The molecule has 0 spiro atoms. The number of amides is 1. The third-order valence-corrected chi connectivity index (χ3v) is 7.61. The number of carbonyl (C=O) groups excluding carboxylic acids is 1. The largest absolute Gasteiger partial charge is 0.481 e. The summed E-state index contributed by atoms with van der Waals surface area (Å²) in [5.74, 6) is -0.844. The molecule has 1 fully saturated rings. The Bertz CT molecular complexity index is 1210. The van der Waals surface area contributed by atoms with E-state index in [9.17, 15) is 14.7 Å². The van der Waals surface area contributed by atoms with Gasteiger partial charge in [0.05, 0.1) is 12.3 Å². The molecule has 1 saturated carbocycles. The van der Waals surface area contributed by atoms with Gasteiger partial charge in [-0.3, -0.25) is 14.6 Å². The maximum atomic E-state index is 13.7. The van der Waals surface area contributed by atoms with Crippen LogP contribution in [0.3, 0.4) is 0 Å². The minimum atomic E-state index is -0.821. The van der Waals surface area contributed by atoms with Gasteiger partial charge in [0.2, 0.25) is 5.91 Å². The Morgan fingerprint density at radius 3 is 2.44 bits per heavy atom. The lowest BCUT2D eigenvalue weighted by atomic mass is 9.83. The molecule has 0 saturated heterocycles. The molecule has 1 aliphatic rings. The molecule has 4 rings (SSSR count). The average Bonchev–Trinajstić information content (AvgIpc) is 3.40. The van der Waals surface area contributed by atoms with Crippen LogP contribution in [0, 0.1) is 12.8 Å². The summed E-state index contributed by atoms with van der Waals surface area (Å²) in [7, 11) is 0. The number of pyridine rings is 1. The first-order valence-electron chi connectivity index (χ1n) is 13.0. The molecule has 1 heterocycles. The maximum Gasteiger partial charge on any atom is 0.303 e. The van der Waals surface area contributed by atoms with E-state index >= 15 is 0 Å². The Morgan fingerprint density at radius 2 is 1.78 bits per heavy atom. The lowest BCUT2D eigenvalue weighted by Crippen LogP contribution is -2.27. The molecule has 0 radical (unpaired) electrons. The lowest BCUT2D eigenvalue weighted by Gasteiger charge is -2.25. The standard InChI is InChI=1S/C31H36N2O3/c1-4-22-17-26(19-32-18-22)23-12-14-25(15-13-23)30(24-8-5-6-9-24)31(36)33-28-11-7-10-27(21(28)3)20(2)16-29(34)35/h7,10-15,17-20,24,30H,4-6,8-9,16H2,1-3H3,(H,33,36)(H,34,35)/t20-,30-/m1/s1. The van der Waals surface area contributed by atoms with Crippen molar-refractivity contribution < 1.29 is 14.7 Å². The van der Waals surface area contributed by atoms with E-state index in [1.165, 1.54) is 5.56 Å². The molecule has 0 unspecified atom stereocenters. The summed E-state index contributed by atoms with van der Waals surface area (Å²) in [6.45, 7) is 6.00. The number of carboxylic acid groups (broad SMARTS) is 1. The minimum Gasteiger partial charge on any atom is -0.481 e. The fourth-order valence-electron chi connectivity index (χ4n) is 5.56. The number of aromatic nitrogens is 1. The Kier molecular flexibility index (Phi) is 8.19. The number of nitrogens with zero attached hydrogens (tertiary/aromatic N) is 1. The van der Waals surface area contributed by atoms with E-state index in [1.807, 2.05) is 44.4 Å². The van der Waals surface area contributed by atoms with Gasteiger partial charge in [0.15, 0.2) is 0 Å². The van der Waals surface area contributed by atoms with Crippen LogP contribution in [0.2, 0.25) is 0 Å². The quantitative estimate of drug-likeness (QED) is 0.339. The molecule has 2 N–H and O–H groups in total. The summed E-state index contributed by atoms with van der Waals surface area (Å²) in [6, 6.07) is 16.3. The number of aliphatic carboxylic acids is 1. The second-order valence-electron chi connectivity index (χ2n) is 10.1. The SMILES string of the molecule is CCc1cncc(-c2ccc([C@H](C(=O)Nc3cccc([C@H](C)CC(=O)O)c3C)C3CCCC3)cc2)c1. The van der Waals surface area contributed by atoms with Crippen LogP contribution in [0.1, 0.15) is 80.0 Å². The smallest absolute Gasteiger partial charge is 0.303 e. The van der Waals surface area contributed by atoms with Crippen LogP contribution in [0.5, 0.6) is 0 Å². The van der Waals surface area contributed by atoms with Crippen LogP contribution >= 0.6 is 0 Å². The fourth-order valence-corrected chi connectivity index (χ4v) is 5.56. The summed E-state index contributed by atoms with van der Waals surface area (Å²) >= 11 is 0. The van der Waals surface area contributed by atoms with E-state index in [0.717, 1.165) is 65.6 Å². The van der Waals surface area contributed by atoms with E-state index in [2.05, 4.69) is 47.6 Å². The zero-order valence-corrected chi connectivity index (χ0v) is 21.5. The van der Waals surface area contributed by atoms with Crippen LogP contribution in [0.4, 0.5) is 5.69 Å². The van der Waals surface area contributed by atoms with Gasteiger partial charge in [-0.1, -0.05) is 63.1 Å². The van der Waals surface area contributed by atoms with Gasteiger partial charge in [-0.15, -0.1) is 0 Å². The number of anilines is 1. The first-order chi connectivity index (χ1) is 17.4. The molecule has 2 aromatic carbocycles. The Hall–Kier alpha value is -3.47. The third-order valence-electron chi connectivity index (χ3n) is 7.61. The van der Waals surface area contributed by atoms with Crippen molar-refractivity contribution in [1.82, 2.24) is 4.98 Å². The molecule has 2 atom stereocenters. The van der Waals surface area contributed by atoms with Gasteiger partial charge >= 0.3 is 5.97 Å². The van der Waals surface area contributed by atoms with Crippen LogP contribution in [-0.4, -0.2) is 22.0 Å². The van der Waals surface area contributed by atoms with Crippen LogP contribution in [-0.2, 0) is 16.0 Å². The second kappa shape index (κ2) is 11.5. The molecule has 1 amide bonds. The number of aryl methyl sites for hydroxylation is 1. The zero-order valence-electron chi connectivity index (χ0n) is 21.5. The van der Waals surface area contributed by atoms with Crippen LogP contribution in [0.25, 0.3) is 11.1 Å². The Labute approximate surface area is 214 Å². The molecule has 5 heteroatoms. The summed E-state index contributed by atoms with van der Waals surface area (Å²) in [4.78, 5) is 29.3. The first-order valence-corrected chi connectivity index (χ1v) is 13.0. The third kappa shape index (κ3) is 5.84. The monoisotopic (exact) mass is 484 g/mol. The molecule has 1 aliphatic carbocycles. The number of carbonyl (C=O) groups is 2. The number of rotatable bonds is 9. The van der Waals surface area contributed by atoms with Crippen molar-refractivity contribution in [2.45, 2.75) is 71.1 Å². The van der Waals surface area contributed by atoms with Gasteiger partial charge in [-0.25, -0.2) is 0 Å². The molecule has 36 heavy (non-hydrogen) atoms. The van der Waals surface area contributed by atoms with Crippen molar-refractivity contribution >= 4 is 17.6 Å². The van der Waals surface area contributed by atoms with Crippen molar-refractivity contribution in [2.75, 3.05) is 5.32 Å². The van der Waals surface area contributed by atoms with E-state index in [1.54, 1.807) is 0 Å². The molecule has 3 aromatic rings.